The topological polar surface area (TPSA) is 125 Å². The number of halogens is 5. The van der Waals surface area contributed by atoms with Crippen molar-refractivity contribution in [1.82, 2.24) is 34.4 Å². The van der Waals surface area contributed by atoms with Gasteiger partial charge in [-0.05, 0) is 6.07 Å². The third-order valence-corrected chi connectivity index (χ3v) is 6.09. The molecule has 1 atom stereocenters. The van der Waals surface area contributed by atoms with Gasteiger partial charge in [-0.1, -0.05) is 6.92 Å². The second kappa shape index (κ2) is 9.38. The third-order valence-electron chi connectivity index (χ3n) is 4.84. The zero-order valence-corrected chi connectivity index (χ0v) is 19.2. The highest BCUT2D eigenvalue weighted by Gasteiger charge is 2.58. The fraction of sp³-hybridized carbons (Fsp3) is 0.316. The van der Waals surface area contributed by atoms with Crippen LogP contribution in [-0.4, -0.2) is 70.7 Å². The Balaban J connectivity index is 1.87. The fourth-order valence-electron chi connectivity index (χ4n) is 3.18. The van der Waals surface area contributed by atoms with Crippen LogP contribution in [0.5, 0.6) is 5.88 Å². The van der Waals surface area contributed by atoms with E-state index >= 15 is 0 Å². The summed E-state index contributed by atoms with van der Waals surface area (Å²) in [7, 11) is -0.444. The van der Waals surface area contributed by atoms with Gasteiger partial charge < -0.3 is 4.74 Å². The monoisotopic (exact) mass is 533 g/mol. The summed E-state index contributed by atoms with van der Waals surface area (Å²) in [4.78, 5) is 29.2. The van der Waals surface area contributed by atoms with E-state index in [2.05, 4.69) is 30.4 Å². The number of hydrogen-bond acceptors (Lipinski definition) is 8. The van der Waals surface area contributed by atoms with Gasteiger partial charge in [0.15, 0.2) is 23.1 Å². The molecule has 0 radical (unpaired) electrons. The minimum absolute atomic E-state index is 0.0108. The standard InChI is InChI=1S/C19H16F5N7O4S/c1-3-36(33)17-12(14-25-5-4-10(31(14)28-17)15(32)29-34-2)13-27-8-11-16(26-6-7-30(11)13)35-9-18(20,21)19(22,23)24/h4-8H,3,9H2,1-2H3,(H,29,32). The lowest BCUT2D eigenvalue weighted by molar-refractivity contribution is -0.290. The maximum Gasteiger partial charge on any atom is 0.456 e. The predicted molar refractivity (Wildman–Crippen MR) is 113 cm³/mol. The molecule has 4 aromatic rings. The van der Waals surface area contributed by atoms with E-state index in [1.807, 2.05) is 0 Å². The van der Waals surface area contributed by atoms with E-state index in [0.717, 1.165) is 16.9 Å². The number of nitrogens with zero attached hydrogens (tertiary/aromatic N) is 6. The van der Waals surface area contributed by atoms with Crippen molar-refractivity contribution >= 4 is 27.9 Å². The first-order valence-corrected chi connectivity index (χ1v) is 11.3. The number of fused-ring (bicyclic) bond motifs is 2. The molecule has 4 heterocycles. The first-order chi connectivity index (χ1) is 17.0. The van der Waals surface area contributed by atoms with Gasteiger partial charge in [-0.25, -0.2) is 24.9 Å². The van der Waals surface area contributed by atoms with Crippen molar-refractivity contribution in [2.45, 2.75) is 24.0 Å². The van der Waals surface area contributed by atoms with E-state index < -0.39 is 41.3 Å². The van der Waals surface area contributed by atoms with E-state index in [0.29, 0.717) is 0 Å². The first kappa shape index (κ1) is 25.4. The van der Waals surface area contributed by atoms with Crippen molar-refractivity contribution in [3.05, 3.63) is 36.5 Å². The third kappa shape index (κ3) is 4.34. The molecule has 1 unspecified atom stereocenters. The van der Waals surface area contributed by atoms with Crippen molar-refractivity contribution in [1.29, 1.82) is 0 Å². The summed E-state index contributed by atoms with van der Waals surface area (Å²) < 4.78 is 84.3. The fourth-order valence-corrected chi connectivity index (χ4v) is 4.03. The highest BCUT2D eigenvalue weighted by molar-refractivity contribution is 7.85. The second-order valence-corrected chi connectivity index (χ2v) is 8.73. The van der Waals surface area contributed by atoms with E-state index in [1.165, 1.54) is 30.0 Å². The summed E-state index contributed by atoms with van der Waals surface area (Å²) in [5.41, 5.74) is 2.30. The van der Waals surface area contributed by atoms with Gasteiger partial charge in [-0.15, -0.1) is 0 Å². The number of ether oxygens (including phenoxy) is 1. The molecule has 192 valence electrons. The van der Waals surface area contributed by atoms with Gasteiger partial charge in [-0.3, -0.25) is 18.2 Å². The van der Waals surface area contributed by atoms with Crippen LogP contribution in [0.2, 0.25) is 0 Å². The maximum absolute atomic E-state index is 13.4. The number of amides is 1. The zero-order valence-electron chi connectivity index (χ0n) is 18.4. The van der Waals surface area contributed by atoms with E-state index in [9.17, 15) is 31.0 Å². The van der Waals surface area contributed by atoms with Crippen LogP contribution in [0.25, 0.3) is 22.6 Å². The van der Waals surface area contributed by atoms with Crippen LogP contribution in [0.15, 0.2) is 35.9 Å². The Morgan fingerprint density at radius 2 is 1.92 bits per heavy atom. The molecule has 0 aliphatic rings. The highest BCUT2D eigenvalue weighted by Crippen LogP contribution is 2.36. The number of rotatable bonds is 8. The summed E-state index contributed by atoms with van der Waals surface area (Å²) >= 11 is 0. The highest BCUT2D eigenvalue weighted by atomic mass is 32.2. The SMILES string of the molecule is CCS(=O)c1nn2c(C(=O)NOC)ccnc2c1-c1ncc2c(OCC(F)(F)C(F)(F)F)nccn12. The van der Waals surface area contributed by atoms with Gasteiger partial charge in [-0.2, -0.15) is 27.1 Å². The van der Waals surface area contributed by atoms with Crippen molar-refractivity contribution in [2.75, 3.05) is 19.5 Å². The summed E-state index contributed by atoms with van der Waals surface area (Å²) in [6.45, 7) is -0.360. The number of imidazole rings is 1. The average molecular weight is 533 g/mol. The van der Waals surface area contributed by atoms with Gasteiger partial charge in [0.05, 0.1) is 29.7 Å². The molecule has 36 heavy (non-hydrogen) atoms. The number of aromatic nitrogens is 6. The van der Waals surface area contributed by atoms with Crippen molar-refractivity contribution < 1.29 is 40.5 Å². The Hall–Kier alpha value is -3.73. The molecule has 0 aliphatic carbocycles. The molecule has 0 bridgehead atoms. The van der Waals surface area contributed by atoms with Crippen molar-refractivity contribution in [3.8, 4) is 17.3 Å². The number of nitrogens with one attached hydrogen (secondary N) is 1. The summed E-state index contributed by atoms with van der Waals surface area (Å²) in [6, 6.07) is 1.34. The molecule has 4 rings (SSSR count). The number of hydroxylamine groups is 1. The smallest absolute Gasteiger partial charge is 0.456 e. The summed E-state index contributed by atoms with van der Waals surface area (Å²) in [5, 5.41) is 4.29. The van der Waals surface area contributed by atoms with Crippen LogP contribution in [0.4, 0.5) is 22.0 Å². The molecule has 11 nitrogen and oxygen atoms in total. The molecule has 17 heteroatoms. The van der Waals surface area contributed by atoms with Gasteiger partial charge in [0.1, 0.15) is 11.2 Å². The van der Waals surface area contributed by atoms with Crippen molar-refractivity contribution in [2.24, 2.45) is 0 Å². The molecule has 0 spiro atoms. The average Bonchev–Trinajstić information content (AvgIpc) is 3.43. The Morgan fingerprint density at radius 3 is 2.58 bits per heavy atom. The van der Waals surface area contributed by atoms with Crippen molar-refractivity contribution in [3.63, 3.8) is 0 Å². The molecule has 0 fully saturated rings. The molecule has 0 aromatic carbocycles. The first-order valence-electron chi connectivity index (χ1n) is 9.99. The lowest BCUT2D eigenvalue weighted by Gasteiger charge is -2.19. The molecular weight excluding hydrogens is 517 g/mol. The molecule has 1 N–H and O–H groups in total. The largest absolute Gasteiger partial charge is 0.469 e. The molecule has 0 saturated carbocycles. The van der Waals surface area contributed by atoms with Gasteiger partial charge in [0.2, 0.25) is 5.88 Å². The van der Waals surface area contributed by atoms with Crippen LogP contribution in [0.1, 0.15) is 17.4 Å². The summed E-state index contributed by atoms with van der Waals surface area (Å²) in [6.07, 6.45) is -0.928. The normalized spacial score (nSPS) is 13.3. The number of carbonyl (C=O) groups excluding carboxylic acids is 1. The van der Waals surface area contributed by atoms with Crippen LogP contribution in [-0.2, 0) is 15.6 Å². The Morgan fingerprint density at radius 1 is 1.17 bits per heavy atom. The van der Waals surface area contributed by atoms with Crippen LogP contribution in [0.3, 0.4) is 0 Å². The van der Waals surface area contributed by atoms with Gasteiger partial charge in [0.25, 0.3) is 5.91 Å². The Labute approximate surface area is 200 Å². The zero-order chi connectivity index (χ0) is 26.3. The number of carbonyl (C=O) groups is 1. The molecule has 1 amide bonds. The van der Waals surface area contributed by atoms with Crippen LogP contribution >= 0.6 is 0 Å². The second-order valence-electron chi connectivity index (χ2n) is 7.08. The molecule has 0 saturated heterocycles. The van der Waals surface area contributed by atoms with Crippen LogP contribution in [0, 0.1) is 0 Å². The predicted octanol–water partition coefficient (Wildman–Crippen LogP) is 2.43. The lowest BCUT2D eigenvalue weighted by atomic mass is 10.3. The quantitative estimate of drug-likeness (QED) is 0.271. The van der Waals surface area contributed by atoms with E-state index in [4.69, 9.17) is 4.74 Å². The minimum atomic E-state index is -5.81. The molecule has 0 aliphatic heterocycles. The Kier molecular flexibility index (Phi) is 6.61. The molecule has 4 aromatic heterocycles. The maximum atomic E-state index is 13.4. The number of alkyl halides is 5. The van der Waals surface area contributed by atoms with E-state index in [-0.39, 0.29) is 39.0 Å². The molecular formula is C19H16F5N7O4S. The van der Waals surface area contributed by atoms with Gasteiger partial charge >= 0.3 is 12.1 Å². The van der Waals surface area contributed by atoms with Gasteiger partial charge in [0, 0.05) is 24.3 Å². The van der Waals surface area contributed by atoms with E-state index in [1.54, 1.807) is 6.92 Å². The summed E-state index contributed by atoms with van der Waals surface area (Å²) in [5.74, 6) is -6.12. The Bertz CT molecular complexity index is 1470. The minimum Gasteiger partial charge on any atom is -0.469 e. The van der Waals surface area contributed by atoms with Crippen LogP contribution < -0.4 is 10.2 Å². The lowest BCUT2D eigenvalue weighted by Crippen LogP contribution is -2.41. The number of hydrogen-bond donors (Lipinski definition) is 1.